The van der Waals surface area contributed by atoms with Crippen LogP contribution >= 0.6 is 0 Å². The van der Waals surface area contributed by atoms with E-state index in [2.05, 4.69) is 40.3 Å². The molecule has 0 radical (unpaired) electrons. The van der Waals surface area contributed by atoms with Gasteiger partial charge in [0, 0.05) is 25.3 Å². The highest BCUT2D eigenvalue weighted by Gasteiger charge is 2.21. The maximum atomic E-state index is 6.27. The van der Waals surface area contributed by atoms with Crippen LogP contribution in [0.25, 0.3) is 33.1 Å². The van der Waals surface area contributed by atoms with Gasteiger partial charge < -0.3 is 15.2 Å². The molecule has 5 rings (SSSR count). The minimum atomic E-state index is 0.458. The van der Waals surface area contributed by atoms with Crippen LogP contribution in [0, 0.1) is 5.92 Å². The highest BCUT2D eigenvalue weighted by atomic mass is 16.5. The van der Waals surface area contributed by atoms with Crippen LogP contribution in [0.15, 0.2) is 42.7 Å². The summed E-state index contributed by atoms with van der Waals surface area (Å²) in [5, 5.41) is 8.00. The number of aromatic nitrogens is 4. The molecule has 3 heterocycles. The number of ether oxygens (including phenoxy) is 2. The van der Waals surface area contributed by atoms with Gasteiger partial charge in [0.05, 0.1) is 12.0 Å². The van der Waals surface area contributed by atoms with Crippen LogP contribution in [0.1, 0.15) is 19.8 Å². The van der Waals surface area contributed by atoms with E-state index in [9.17, 15) is 0 Å². The van der Waals surface area contributed by atoms with Crippen LogP contribution in [0.2, 0.25) is 0 Å². The molecular formula is C23H25N5O2. The summed E-state index contributed by atoms with van der Waals surface area (Å²) in [6.45, 7) is 5.06. The van der Waals surface area contributed by atoms with E-state index in [1.807, 2.05) is 17.7 Å². The zero-order chi connectivity index (χ0) is 20.5. The summed E-state index contributed by atoms with van der Waals surface area (Å²) in [5.41, 5.74) is 8.88. The fourth-order valence-corrected chi connectivity index (χ4v) is 4.16. The van der Waals surface area contributed by atoms with Crippen molar-refractivity contribution in [3.8, 4) is 17.0 Å². The Kier molecular flexibility index (Phi) is 4.96. The Labute approximate surface area is 174 Å². The van der Waals surface area contributed by atoms with E-state index in [0.29, 0.717) is 18.3 Å². The minimum Gasteiger partial charge on any atom is -0.494 e. The number of hydrogen-bond donors (Lipinski definition) is 1. The lowest BCUT2D eigenvalue weighted by Crippen LogP contribution is -2.21. The standard InChI is InChI=1S/C23H25N5O2/c1-2-30-19-6-5-16-11-18(4-3-17(16)12-19)21-20-22(24)25-14-26-23(20)28(27-21)13-15-7-9-29-10-8-15/h3-6,11-12,14-15H,2,7-10,13H2,1H3,(H2,24,25,26). The quantitative estimate of drug-likeness (QED) is 0.541. The van der Waals surface area contributed by atoms with Gasteiger partial charge >= 0.3 is 0 Å². The molecule has 0 atom stereocenters. The van der Waals surface area contributed by atoms with E-state index < -0.39 is 0 Å². The Morgan fingerprint density at radius 3 is 2.73 bits per heavy atom. The smallest absolute Gasteiger partial charge is 0.163 e. The number of anilines is 1. The van der Waals surface area contributed by atoms with Gasteiger partial charge in [0.15, 0.2) is 5.65 Å². The molecule has 154 valence electrons. The van der Waals surface area contributed by atoms with E-state index >= 15 is 0 Å². The molecule has 0 bridgehead atoms. The van der Waals surface area contributed by atoms with Crippen LogP contribution in [0.5, 0.6) is 5.75 Å². The predicted molar refractivity (Wildman–Crippen MR) is 117 cm³/mol. The van der Waals surface area contributed by atoms with Crippen LogP contribution < -0.4 is 10.5 Å². The van der Waals surface area contributed by atoms with Crippen LogP contribution in [-0.2, 0) is 11.3 Å². The molecule has 0 amide bonds. The van der Waals surface area contributed by atoms with Gasteiger partial charge in [-0.25, -0.2) is 14.6 Å². The molecule has 7 heteroatoms. The van der Waals surface area contributed by atoms with E-state index in [1.165, 1.54) is 6.33 Å². The number of benzene rings is 2. The third-order valence-electron chi connectivity index (χ3n) is 5.73. The lowest BCUT2D eigenvalue weighted by atomic mass is 10.0. The Morgan fingerprint density at radius 1 is 1.10 bits per heavy atom. The molecule has 1 fully saturated rings. The lowest BCUT2D eigenvalue weighted by molar-refractivity contribution is 0.0605. The summed E-state index contributed by atoms with van der Waals surface area (Å²) in [4.78, 5) is 8.73. The topological polar surface area (TPSA) is 88.1 Å². The van der Waals surface area contributed by atoms with Gasteiger partial charge in [-0.3, -0.25) is 0 Å². The second-order valence-corrected chi connectivity index (χ2v) is 7.70. The normalized spacial score (nSPS) is 15.1. The number of fused-ring (bicyclic) bond motifs is 2. The monoisotopic (exact) mass is 403 g/mol. The van der Waals surface area contributed by atoms with Crippen LogP contribution in [0.4, 0.5) is 5.82 Å². The van der Waals surface area contributed by atoms with Crippen molar-refractivity contribution in [2.24, 2.45) is 5.92 Å². The first-order chi connectivity index (χ1) is 14.7. The molecule has 2 aromatic carbocycles. The van der Waals surface area contributed by atoms with Crippen molar-refractivity contribution in [1.29, 1.82) is 0 Å². The highest BCUT2D eigenvalue weighted by molar-refractivity contribution is 6.00. The third kappa shape index (κ3) is 3.45. The molecule has 2 aromatic heterocycles. The first-order valence-electron chi connectivity index (χ1n) is 10.4. The van der Waals surface area contributed by atoms with Crippen molar-refractivity contribution in [2.75, 3.05) is 25.6 Å². The van der Waals surface area contributed by atoms with Gasteiger partial charge in [0.2, 0.25) is 0 Å². The number of hydrogen-bond acceptors (Lipinski definition) is 6. The number of nitrogen functional groups attached to an aromatic ring is 1. The molecule has 1 saturated heterocycles. The Morgan fingerprint density at radius 2 is 1.90 bits per heavy atom. The Bertz CT molecular complexity index is 1200. The molecule has 0 saturated carbocycles. The van der Waals surface area contributed by atoms with Gasteiger partial charge in [-0.05, 0) is 54.7 Å². The second kappa shape index (κ2) is 7.91. The summed E-state index contributed by atoms with van der Waals surface area (Å²) < 4.78 is 13.1. The number of nitrogens with two attached hydrogens (primary N) is 1. The van der Waals surface area contributed by atoms with Crippen molar-refractivity contribution >= 4 is 27.6 Å². The molecule has 30 heavy (non-hydrogen) atoms. The Balaban J connectivity index is 1.58. The van der Waals surface area contributed by atoms with Crippen molar-refractivity contribution in [2.45, 2.75) is 26.3 Å². The zero-order valence-corrected chi connectivity index (χ0v) is 17.0. The van der Waals surface area contributed by atoms with E-state index in [4.69, 9.17) is 20.3 Å². The average molecular weight is 403 g/mol. The maximum Gasteiger partial charge on any atom is 0.163 e. The van der Waals surface area contributed by atoms with Gasteiger partial charge in [-0.2, -0.15) is 5.10 Å². The lowest BCUT2D eigenvalue weighted by Gasteiger charge is -2.21. The molecule has 1 aliphatic rings. The maximum absolute atomic E-state index is 6.27. The van der Waals surface area contributed by atoms with Gasteiger partial charge in [0.25, 0.3) is 0 Å². The molecular weight excluding hydrogens is 378 g/mol. The van der Waals surface area contributed by atoms with E-state index in [1.54, 1.807) is 0 Å². The first kappa shape index (κ1) is 18.8. The SMILES string of the molecule is CCOc1ccc2cc(-c3nn(CC4CCOCC4)c4ncnc(N)c34)ccc2c1. The average Bonchev–Trinajstić information content (AvgIpc) is 3.14. The van der Waals surface area contributed by atoms with Gasteiger partial charge in [-0.15, -0.1) is 0 Å². The van der Waals surface area contributed by atoms with Gasteiger partial charge in [0.1, 0.15) is 23.6 Å². The van der Waals surface area contributed by atoms with Crippen LogP contribution in [-0.4, -0.2) is 39.6 Å². The molecule has 2 N–H and O–H groups in total. The van der Waals surface area contributed by atoms with Crippen molar-refractivity contribution in [1.82, 2.24) is 19.7 Å². The first-order valence-corrected chi connectivity index (χ1v) is 10.4. The molecule has 0 aliphatic carbocycles. The summed E-state index contributed by atoms with van der Waals surface area (Å²) in [7, 11) is 0. The molecule has 0 unspecified atom stereocenters. The zero-order valence-electron chi connectivity index (χ0n) is 17.0. The summed E-state index contributed by atoms with van der Waals surface area (Å²) >= 11 is 0. The van der Waals surface area contributed by atoms with Gasteiger partial charge in [-0.1, -0.05) is 18.2 Å². The Hall–Kier alpha value is -3.19. The van der Waals surface area contributed by atoms with Crippen LogP contribution in [0.3, 0.4) is 0 Å². The minimum absolute atomic E-state index is 0.458. The number of rotatable bonds is 5. The summed E-state index contributed by atoms with van der Waals surface area (Å²) in [6, 6.07) is 12.4. The molecule has 7 nitrogen and oxygen atoms in total. The summed E-state index contributed by atoms with van der Waals surface area (Å²) in [5.74, 6) is 1.86. The fourth-order valence-electron chi connectivity index (χ4n) is 4.16. The highest BCUT2D eigenvalue weighted by Crippen LogP contribution is 2.33. The largest absolute Gasteiger partial charge is 0.494 e. The van der Waals surface area contributed by atoms with Crippen molar-refractivity contribution < 1.29 is 9.47 Å². The van der Waals surface area contributed by atoms with E-state index in [0.717, 1.165) is 71.4 Å². The van der Waals surface area contributed by atoms with E-state index in [-0.39, 0.29) is 0 Å². The predicted octanol–water partition coefficient (Wildman–Crippen LogP) is 4.05. The second-order valence-electron chi connectivity index (χ2n) is 7.70. The fraction of sp³-hybridized carbons (Fsp3) is 0.348. The third-order valence-corrected chi connectivity index (χ3v) is 5.73. The molecule has 0 spiro atoms. The molecule has 4 aromatic rings. The summed E-state index contributed by atoms with van der Waals surface area (Å²) in [6.07, 6.45) is 3.59. The van der Waals surface area contributed by atoms with Crippen molar-refractivity contribution in [3.05, 3.63) is 42.7 Å². The molecule has 1 aliphatic heterocycles. The number of nitrogens with zero attached hydrogens (tertiary/aromatic N) is 4. The van der Waals surface area contributed by atoms with Crippen molar-refractivity contribution in [3.63, 3.8) is 0 Å².